The Balaban J connectivity index is 2.48. The Morgan fingerprint density at radius 1 is 1.35 bits per heavy atom. The highest BCUT2D eigenvalue weighted by Gasteiger charge is 2.10. The van der Waals surface area contributed by atoms with E-state index in [1.165, 1.54) is 6.92 Å². The van der Waals surface area contributed by atoms with E-state index in [9.17, 15) is 8.42 Å². The van der Waals surface area contributed by atoms with Crippen LogP contribution in [0.2, 0.25) is 0 Å². The monoisotopic (exact) mass is 255 g/mol. The summed E-state index contributed by atoms with van der Waals surface area (Å²) >= 11 is 0. The van der Waals surface area contributed by atoms with Gasteiger partial charge in [-0.25, -0.2) is 4.18 Å². The molecule has 5 nitrogen and oxygen atoms in total. The van der Waals surface area contributed by atoms with Gasteiger partial charge in [-0.3, -0.25) is 0 Å². The van der Waals surface area contributed by atoms with Crippen LogP contribution in [0.4, 0.5) is 0 Å². The van der Waals surface area contributed by atoms with Gasteiger partial charge in [0.05, 0.1) is 24.5 Å². The summed E-state index contributed by atoms with van der Waals surface area (Å²) in [6, 6.07) is 8.82. The highest BCUT2D eigenvalue weighted by Crippen LogP contribution is 2.07. The molecular formula is C11H13NO4S. The van der Waals surface area contributed by atoms with E-state index in [2.05, 4.69) is 4.18 Å². The summed E-state index contributed by atoms with van der Waals surface area (Å²) in [5.74, 6) is 0. The van der Waals surface area contributed by atoms with Crippen molar-refractivity contribution in [3.8, 4) is 6.07 Å². The third-order valence-electron chi connectivity index (χ3n) is 1.88. The normalized spacial score (nSPS) is 13.0. The van der Waals surface area contributed by atoms with Crippen LogP contribution in [0, 0.1) is 11.3 Å². The average molecular weight is 255 g/mol. The number of hydrogen-bond donors (Lipinski definition) is 0. The summed E-state index contributed by atoms with van der Waals surface area (Å²) in [4.78, 5) is 0. The van der Waals surface area contributed by atoms with E-state index < -0.39 is 16.4 Å². The lowest BCUT2D eigenvalue weighted by atomic mass is 10.2. The van der Waals surface area contributed by atoms with Crippen molar-refractivity contribution in [2.75, 3.05) is 6.26 Å². The van der Waals surface area contributed by atoms with Gasteiger partial charge in [-0.05, 0) is 24.6 Å². The molecule has 1 unspecified atom stereocenters. The lowest BCUT2D eigenvalue weighted by Gasteiger charge is -2.12. The molecule has 0 aliphatic heterocycles. The standard InChI is InChI=1S/C11H13NO4S/c1-9(16-17(2,13)14)15-8-11-5-3-10(7-12)4-6-11/h3-6,9H,8H2,1-2H3. The summed E-state index contributed by atoms with van der Waals surface area (Å²) in [5, 5.41) is 8.61. The van der Waals surface area contributed by atoms with Gasteiger partial charge < -0.3 is 4.74 Å². The first-order chi connectivity index (χ1) is 7.90. The van der Waals surface area contributed by atoms with Gasteiger partial charge in [-0.15, -0.1) is 0 Å². The zero-order valence-electron chi connectivity index (χ0n) is 9.58. The molecule has 0 spiro atoms. The summed E-state index contributed by atoms with van der Waals surface area (Å²) in [6.07, 6.45) is 0.134. The van der Waals surface area contributed by atoms with Crippen LogP contribution in [0.1, 0.15) is 18.1 Å². The molecule has 1 aromatic carbocycles. The molecule has 92 valence electrons. The summed E-state index contributed by atoms with van der Waals surface area (Å²) in [7, 11) is -3.51. The maximum atomic E-state index is 10.8. The first-order valence-electron chi connectivity index (χ1n) is 4.89. The summed E-state index contributed by atoms with van der Waals surface area (Å²) in [6.45, 7) is 1.73. The van der Waals surface area contributed by atoms with Crippen LogP contribution in [0.25, 0.3) is 0 Å². The molecule has 0 radical (unpaired) electrons. The molecule has 1 aromatic rings. The topological polar surface area (TPSA) is 76.4 Å². The highest BCUT2D eigenvalue weighted by atomic mass is 32.2. The van der Waals surface area contributed by atoms with Crippen LogP contribution < -0.4 is 0 Å². The van der Waals surface area contributed by atoms with Crippen molar-refractivity contribution in [2.24, 2.45) is 0 Å². The minimum Gasteiger partial charge on any atom is -0.347 e. The minimum absolute atomic E-state index is 0.225. The quantitative estimate of drug-likeness (QED) is 0.587. The lowest BCUT2D eigenvalue weighted by molar-refractivity contribution is -0.0716. The molecule has 0 bridgehead atoms. The number of nitrogens with zero attached hydrogens (tertiary/aromatic N) is 1. The van der Waals surface area contributed by atoms with Gasteiger partial charge in [0.15, 0.2) is 6.29 Å². The van der Waals surface area contributed by atoms with Gasteiger partial charge >= 0.3 is 0 Å². The predicted molar refractivity (Wildman–Crippen MR) is 61.3 cm³/mol. The Kier molecular flexibility index (Phi) is 4.63. The zero-order valence-corrected chi connectivity index (χ0v) is 10.4. The molecule has 0 saturated carbocycles. The number of rotatable bonds is 5. The second kappa shape index (κ2) is 5.77. The molecule has 0 amide bonds. The Hall–Kier alpha value is -1.42. The van der Waals surface area contributed by atoms with E-state index in [0.29, 0.717) is 5.56 Å². The van der Waals surface area contributed by atoms with Gasteiger partial charge in [-0.1, -0.05) is 12.1 Å². The fourth-order valence-electron chi connectivity index (χ4n) is 1.16. The number of hydrogen-bond acceptors (Lipinski definition) is 5. The minimum atomic E-state index is -3.51. The van der Waals surface area contributed by atoms with Crippen LogP contribution in [0.5, 0.6) is 0 Å². The van der Waals surface area contributed by atoms with Crippen molar-refractivity contribution < 1.29 is 17.3 Å². The van der Waals surface area contributed by atoms with Gasteiger partial charge in [0, 0.05) is 0 Å². The van der Waals surface area contributed by atoms with E-state index in [1.807, 2.05) is 6.07 Å². The SMILES string of the molecule is CC(OCc1ccc(C#N)cc1)OS(C)(=O)=O. The van der Waals surface area contributed by atoms with Crippen LogP contribution >= 0.6 is 0 Å². The number of benzene rings is 1. The van der Waals surface area contributed by atoms with Crippen molar-refractivity contribution in [3.05, 3.63) is 35.4 Å². The molecule has 6 heteroatoms. The van der Waals surface area contributed by atoms with Gasteiger partial charge in [0.2, 0.25) is 0 Å². The third kappa shape index (κ3) is 5.45. The second-order valence-corrected chi connectivity index (χ2v) is 5.09. The summed E-state index contributed by atoms with van der Waals surface area (Å²) in [5.41, 5.74) is 1.40. The van der Waals surface area contributed by atoms with E-state index in [1.54, 1.807) is 24.3 Å². The predicted octanol–water partition coefficient (Wildman–Crippen LogP) is 1.40. The van der Waals surface area contributed by atoms with Crippen LogP contribution in [-0.4, -0.2) is 21.0 Å². The van der Waals surface area contributed by atoms with Crippen molar-refractivity contribution in [3.63, 3.8) is 0 Å². The fourth-order valence-corrected chi connectivity index (χ4v) is 1.71. The Bertz CT molecular complexity index is 501. The zero-order chi connectivity index (χ0) is 12.9. The molecule has 0 heterocycles. The van der Waals surface area contributed by atoms with E-state index in [0.717, 1.165) is 11.8 Å². The van der Waals surface area contributed by atoms with Crippen molar-refractivity contribution in [1.82, 2.24) is 0 Å². The molecule has 0 aliphatic carbocycles. The highest BCUT2D eigenvalue weighted by molar-refractivity contribution is 7.86. The average Bonchev–Trinajstić information content (AvgIpc) is 2.25. The van der Waals surface area contributed by atoms with Gasteiger partial charge in [0.25, 0.3) is 10.1 Å². The van der Waals surface area contributed by atoms with Gasteiger partial charge in [-0.2, -0.15) is 13.7 Å². The molecule has 1 rings (SSSR count). The van der Waals surface area contributed by atoms with E-state index >= 15 is 0 Å². The second-order valence-electron chi connectivity index (χ2n) is 3.49. The molecule has 0 saturated heterocycles. The smallest absolute Gasteiger partial charge is 0.266 e. The molecule has 0 aliphatic rings. The maximum absolute atomic E-state index is 10.8. The number of ether oxygens (including phenoxy) is 1. The summed E-state index contributed by atoms with van der Waals surface area (Å²) < 4.78 is 31.4. The molecular weight excluding hydrogens is 242 g/mol. The van der Waals surface area contributed by atoms with Crippen molar-refractivity contribution in [1.29, 1.82) is 5.26 Å². The first-order valence-corrected chi connectivity index (χ1v) is 6.71. The van der Waals surface area contributed by atoms with Crippen molar-refractivity contribution >= 4 is 10.1 Å². The first kappa shape index (κ1) is 13.6. The van der Waals surface area contributed by atoms with Crippen LogP contribution in [0.3, 0.4) is 0 Å². The van der Waals surface area contributed by atoms with Crippen molar-refractivity contribution in [2.45, 2.75) is 19.8 Å². The van der Waals surface area contributed by atoms with Gasteiger partial charge in [0.1, 0.15) is 0 Å². The third-order valence-corrected chi connectivity index (χ3v) is 2.50. The lowest BCUT2D eigenvalue weighted by Crippen LogP contribution is -2.17. The molecule has 17 heavy (non-hydrogen) atoms. The number of nitriles is 1. The Morgan fingerprint density at radius 2 is 1.94 bits per heavy atom. The Labute approximate surface area is 101 Å². The largest absolute Gasteiger partial charge is 0.347 e. The maximum Gasteiger partial charge on any atom is 0.266 e. The molecule has 1 atom stereocenters. The van der Waals surface area contributed by atoms with Crippen LogP contribution in [-0.2, 0) is 25.6 Å². The molecule has 0 aromatic heterocycles. The fraction of sp³-hybridized carbons (Fsp3) is 0.364. The molecule has 0 N–H and O–H groups in total. The Morgan fingerprint density at radius 3 is 2.41 bits per heavy atom. The van der Waals surface area contributed by atoms with E-state index in [4.69, 9.17) is 10.00 Å². The van der Waals surface area contributed by atoms with E-state index in [-0.39, 0.29) is 6.61 Å². The van der Waals surface area contributed by atoms with Crippen LogP contribution in [0.15, 0.2) is 24.3 Å². The molecule has 0 fully saturated rings.